The van der Waals surface area contributed by atoms with E-state index < -0.39 is 0 Å². The molecule has 0 aliphatic carbocycles. The second kappa shape index (κ2) is 9.61. The molecule has 162 valence electrons. The van der Waals surface area contributed by atoms with Gasteiger partial charge in [-0.05, 0) is 48.4 Å². The van der Waals surface area contributed by atoms with E-state index in [1.165, 1.54) is 24.2 Å². The first kappa shape index (κ1) is 21.5. The molecule has 2 N–H and O–H groups in total. The summed E-state index contributed by atoms with van der Waals surface area (Å²) in [7, 11) is 0. The summed E-state index contributed by atoms with van der Waals surface area (Å²) in [6.45, 7) is 3.57. The Morgan fingerprint density at radius 1 is 0.906 bits per heavy atom. The molecule has 0 fully saturated rings. The smallest absolute Gasteiger partial charge is 0.234 e. The highest BCUT2D eigenvalue weighted by molar-refractivity contribution is 7.99. The summed E-state index contributed by atoms with van der Waals surface area (Å²) in [5.74, 6) is -0.162. The number of nitrogens with one attached hydrogen (secondary N) is 2. The largest absolute Gasteiger partial charge is 0.326 e. The van der Waals surface area contributed by atoms with Crippen molar-refractivity contribution in [1.82, 2.24) is 19.8 Å². The molecule has 2 amide bonds. The van der Waals surface area contributed by atoms with Crippen LogP contribution in [0.4, 0.5) is 11.4 Å². The lowest BCUT2D eigenvalue weighted by Gasteiger charge is -2.07. The van der Waals surface area contributed by atoms with E-state index in [1.54, 1.807) is 28.8 Å². The fourth-order valence-electron chi connectivity index (χ4n) is 3.09. The zero-order valence-corrected chi connectivity index (χ0v) is 18.5. The van der Waals surface area contributed by atoms with Crippen molar-refractivity contribution in [2.45, 2.75) is 25.4 Å². The molecule has 8 nitrogen and oxygen atoms in total. The van der Waals surface area contributed by atoms with Crippen molar-refractivity contribution in [1.29, 1.82) is 0 Å². The molecule has 0 unspecified atom stereocenters. The fourth-order valence-corrected chi connectivity index (χ4v) is 3.78. The highest BCUT2D eigenvalue weighted by Gasteiger charge is 2.12. The predicted molar refractivity (Wildman–Crippen MR) is 126 cm³/mol. The van der Waals surface area contributed by atoms with Crippen LogP contribution in [-0.4, -0.2) is 37.4 Å². The number of carbonyl (C=O) groups excluding carboxylic acids is 2. The van der Waals surface area contributed by atoms with E-state index in [0.717, 1.165) is 17.7 Å². The number of aromatic nitrogens is 4. The van der Waals surface area contributed by atoms with Crippen molar-refractivity contribution in [2.24, 2.45) is 0 Å². The molecule has 2 aromatic carbocycles. The number of hydrogen-bond donors (Lipinski definition) is 2. The van der Waals surface area contributed by atoms with E-state index in [9.17, 15) is 9.59 Å². The summed E-state index contributed by atoms with van der Waals surface area (Å²) >= 11 is 1.26. The second-order valence-electron chi connectivity index (χ2n) is 7.12. The van der Waals surface area contributed by atoms with Crippen LogP contribution >= 0.6 is 11.8 Å². The number of hydrogen-bond acceptors (Lipinski definition) is 6. The van der Waals surface area contributed by atoms with Crippen LogP contribution in [0.1, 0.15) is 19.4 Å². The lowest BCUT2D eigenvalue weighted by atomic mass is 10.1. The van der Waals surface area contributed by atoms with E-state index in [0.29, 0.717) is 22.2 Å². The maximum absolute atomic E-state index is 12.4. The zero-order valence-electron chi connectivity index (χ0n) is 17.7. The van der Waals surface area contributed by atoms with Gasteiger partial charge < -0.3 is 10.6 Å². The second-order valence-corrected chi connectivity index (χ2v) is 8.06. The molecule has 9 heteroatoms. The Morgan fingerprint density at radius 2 is 1.59 bits per heavy atom. The fraction of sp³-hybridized carbons (Fsp3) is 0.174. The molecule has 0 bridgehead atoms. The Kier molecular flexibility index (Phi) is 6.46. The third kappa shape index (κ3) is 5.12. The standard InChI is InChI=1S/C23H22N6O2S/c1-3-16-4-6-17(7-5-16)20-12-13-21-26-27-23(29(21)28-20)32-14-22(31)25-19-10-8-18(9-11-19)24-15(2)30/h4-13H,3,14H2,1-2H3,(H,24,30)(H,25,31). The van der Waals surface area contributed by atoms with E-state index in [2.05, 4.69) is 57.1 Å². The molecule has 4 rings (SSSR count). The van der Waals surface area contributed by atoms with Crippen molar-refractivity contribution in [3.05, 3.63) is 66.2 Å². The Labute approximate surface area is 189 Å². The highest BCUT2D eigenvalue weighted by atomic mass is 32.2. The normalized spacial score (nSPS) is 10.8. The van der Waals surface area contributed by atoms with Gasteiger partial charge in [-0.25, -0.2) is 0 Å². The summed E-state index contributed by atoms with van der Waals surface area (Å²) in [5, 5.41) is 19.0. The Morgan fingerprint density at radius 3 is 2.25 bits per heavy atom. The number of benzene rings is 2. The summed E-state index contributed by atoms with van der Waals surface area (Å²) in [6.07, 6.45) is 0.987. The molecule has 0 radical (unpaired) electrons. The van der Waals surface area contributed by atoms with Crippen molar-refractivity contribution >= 4 is 40.6 Å². The summed E-state index contributed by atoms with van der Waals surface area (Å²) < 4.78 is 1.66. The molecule has 0 spiro atoms. The van der Waals surface area contributed by atoms with Gasteiger partial charge in [0.15, 0.2) is 5.65 Å². The first-order valence-corrected chi connectivity index (χ1v) is 11.1. The van der Waals surface area contributed by atoms with Gasteiger partial charge in [-0.3, -0.25) is 9.59 Å². The maximum Gasteiger partial charge on any atom is 0.234 e. The van der Waals surface area contributed by atoms with Gasteiger partial charge >= 0.3 is 0 Å². The number of anilines is 2. The van der Waals surface area contributed by atoms with Gasteiger partial charge in [0.05, 0.1) is 11.4 Å². The average Bonchev–Trinajstić information content (AvgIpc) is 3.21. The summed E-state index contributed by atoms with van der Waals surface area (Å²) in [4.78, 5) is 23.5. The lowest BCUT2D eigenvalue weighted by Crippen LogP contribution is -2.14. The monoisotopic (exact) mass is 446 g/mol. The number of rotatable bonds is 7. The third-order valence-corrected chi connectivity index (χ3v) is 5.63. The van der Waals surface area contributed by atoms with Crippen LogP contribution in [0.5, 0.6) is 0 Å². The van der Waals surface area contributed by atoms with Crippen molar-refractivity contribution < 1.29 is 9.59 Å². The first-order chi connectivity index (χ1) is 15.5. The van der Waals surface area contributed by atoms with Crippen molar-refractivity contribution in [3.8, 4) is 11.3 Å². The molecule has 0 aliphatic heterocycles. The zero-order chi connectivity index (χ0) is 22.5. The average molecular weight is 447 g/mol. The van der Waals surface area contributed by atoms with Crippen LogP contribution in [0, 0.1) is 0 Å². The Bertz CT molecular complexity index is 1250. The SMILES string of the molecule is CCc1ccc(-c2ccc3nnc(SCC(=O)Nc4ccc(NC(C)=O)cc4)n3n2)cc1. The van der Waals surface area contributed by atoms with E-state index in [1.807, 2.05) is 12.1 Å². The molecule has 32 heavy (non-hydrogen) atoms. The van der Waals surface area contributed by atoms with E-state index in [4.69, 9.17) is 0 Å². The Hall–Kier alpha value is -3.72. The minimum atomic E-state index is -0.176. The molecular formula is C23H22N6O2S. The van der Waals surface area contributed by atoms with Crippen LogP contribution in [0.3, 0.4) is 0 Å². The maximum atomic E-state index is 12.4. The number of aryl methyl sites for hydroxylation is 1. The third-order valence-electron chi connectivity index (χ3n) is 4.71. The number of nitrogens with zero attached hydrogens (tertiary/aromatic N) is 4. The molecule has 2 heterocycles. The Balaban J connectivity index is 1.42. The van der Waals surface area contributed by atoms with Gasteiger partial charge in [0, 0.05) is 23.9 Å². The first-order valence-electron chi connectivity index (χ1n) is 10.1. The van der Waals surface area contributed by atoms with Crippen LogP contribution in [0.25, 0.3) is 16.9 Å². The molecule has 0 atom stereocenters. The van der Waals surface area contributed by atoms with Gasteiger partial charge in [-0.15, -0.1) is 10.2 Å². The molecule has 2 aromatic heterocycles. The van der Waals surface area contributed by atoms with Crippen molar-refractivity contribution in [2.75, 3.05) is 16.4 Å². The lowest BCUT2D eigenvalue weighted by molar-refractivity contribution is -0.114. The quantitative estimate of drug-likeness (QED) is 0.416. The molecule has 0 saturated carbocycles. The van der Waals surface area contributed by atoms with Gasteiger partial charge in [0.1, 0.15) is 0 Å². The van der Waals surface area contributed by atoms with Gasteiger partial charge in [0.2, 0.25) is 17.0 Å². The summed E-state index contributed by atoms with van der Waals surface area (Å²) in [6, 6.07) is 19.0. The summed E-state index contributed by atoms with van der Waals surface area (Å²) in [5.41, 5.74) is 5.03. The predicted octanol–water partition coefficient (Wildman–Crippen LogP) is 4.04. The molecule has 0 aliphatic rings. The van der Waals surface area contributed by atoms with Gasteiger partial charge in [-0.2, -0.15) is 9.61 Å². The molecule has 0 saturated heterocycles. The van der Waals surface area contributed by atoms with Crippen LogP contribution in [-0.2, 0) is 16.0 Å². The highest BCUT2D eigenvalue weighted by Crippen LogP contribution is 2.22. The number of carbonyl (C=O) groups is 2. The van der Waals surface area contributed by atoms with Crippen LogP contribution in [0.15, 0.2) is 65.8 Å². The number of fused-ring (bicyclic) bond motifs is 1. The number of amides is 2. The molecular weight excluding hydrogens is 424 g/mol. The molecule has 4 aromatic rings. The van der Waals surface area contributed by atoms with Crippen molar-refractivity contribution in [3.63, 3.8) is 0 Å². The number of thioether (sulfide) groups is 1. The minimum Gasteiger partial charge on any atom is -0.326 e. The van der Waals surface area contributed by atoms with Gasteiger partial charge in [0.25, 0.3) is 0 Å². The van der Waals surface area contributed by atoms with E-state index in [-0.39, 0.29) is 17.6 Å². The van der Waals surface area contributed by atoms with Gasteiger partial charge in [-0.1, -0.05) is 43.0 Å². The van der Waals surface area contributed by atoms with Crippen LogP contribution < -0.4 is 10.6 Å². The topological polar surface area (TPSA) is 101 Å². The minimum absolute atomic E-state index is 0.145. The van der Waals surface area contributed by atoms with Crippen LogP contribution in [0.2, 0.25) is 0 Å². The van der Waals surface area contributed by atoms with E-state index >= 15 is 0 Å².